The number of hydrogen-bond donors (Lipinski definition) is 1. The first-order valence-corrected chi connectivity index (χ1v) is 9.57. The van der Waals surface area contributed by atoms with Crippen LogP contribution in [0.25, 0.3) is 0 Å². The van der Waals surface area contributed by atoms with Gasteiger partial charge in [0.25, 0.3) is 0 Å². The summed E-state index contributed by atoms with van der Waals surface area (Å²) in [6, 6.07) is 15.1. The zero-order chi connectivity index (χ0) is 19.1. The molecule has 0 heterocycles. The molecule has 0 aliphatic carbocycles. The van der Waals surface area contributed by atoms with E-state index in [2.05, 4.69) is 21.2 Å². The van der Waals surface area contributed by atoms with E-state index in [0.29, 0.717) is 13.1 Å². The van der Waals surface area contributed by atoms with E-state index in [1.807, 2.05) is 62.4 Å². The molecule has 0 aliphatic heterocycles. The lowest BCUT2D eigenvalue weighted by molar-refractivity contribution is -0.140. The SMILES string of the molecule is CCNC(=O)[C@H](C)N(Cc1ccc(Br)cc1)C(=O)Cc1ccccc1C. The number of halogens is 1. The fraction of sp³-hybridized carbons (Fsp3) is 0.333. The Bertz CT molecular complexity index is 759. The highest BCUT2D eigenvalue weighted by Gasteiger charge is 2.26. The van der Waals surface area contributed by atoms with Crippen LogP contribution in [0.5, 0.6) is 0 Å². The molecule has 2 aromatic rings. The minimum Gasteiger partial charge on any atom is -0.355 e. The average molecular weight is 417 g/mol. The van der Waals surface area contributed by atoms with E-state index in [0.717, 1.165) is 21.2 Å². The number of carbonyl (C=O) groups excluding carboxylic acids is 2. The standard InChI is InChI=1S/C21H25BrN2O2/c1-4-23-21(26)16(3)24(14-17-9-11-19(22)12-10-17)20(25)13-18-8-6-5-7-15(18)2/h5-12,16H,4,13-14H2,1-3H3,(H,23,26)/t16-/m0/s1. The van der Waals surface area contributed by atoms with Crippen molar-refractivity contribution in [1.82, 2.24) is 10.2 Å². The van der Waals surface area contributed by atoms with E-state index in [1.54, 1.807) is 11.8 Å². The Kier molecular flexibility index (Phi) is 7.39. The summed E-state index contributed by atoms with van der Waals surface area (Å²) < 4.78 is 0.982. The Morgan fingerprint density at radius 3 is 2.38 bits per heavy atom. The van der Waals surface area contributed by atoms with Crippen LogP contribution in [0.15, 0.2) is 53.0 Å². The number of nitrogens with one attached hydrogen (secondary N) is 1. The molecule has 0 fully saturated rings. The van der Waals surface area contributed by atoms with Crippen LogP contribution in [0.3, 0.4) is 0 Å². The van der Waals surface area contributed by atoms with Gasteiger partial charge < -0.3 is 10.2 Å². The second-order valence-corrected chi connectivity index (χ2v) is 7.24. The first kappa shape index (κ1) is 20.2. The Morgan fingerprint density at radius 1 is 1.12 bits per heavy atom. The summed E-state index contributed by atoms with van der Waals surface area (Å²) in [6.07, 6.45) is 0.285. The number of amides is 2. The molecule has 1 atom stereocenters. The molecule has 2 rings (SSSR count). The van der Waals surface area contributed by atoms with Gasteiger partial charge in [-0.1, -0.05) is 52.3 Å². The second kappa shape index (κ2) is 9.53. The molecule has 2 aromatic carbocycles. The molecule has 138 valence electrons. The van der Waals surface area contributed by atoms with Gasteiger partial charge in [0.05, 0.1) is 6.42 Å². The van der Waals surface area contributed by atoms with E-state index in [-0.39, 0.29) is 18.2 Å². The first-order valence-electron chi connectivity index (χ1n) is 8.78. The molecule has 0 unspecified atom stereocenters. The largest absolute Gasteiger partial charge is 0.355 e. The van der Waals surface area contributed by atoms with Crippen molar-refractivity contribution < 1.29 is 9.59 Å². The predicted octanol–water partition coefficient (Wildman–Crippen LogP) is 3.85. The van der Waals surface area contributed by atoms with Crippen molar-refractivity contribution in [2.75, 3.05) is 6.54 Å². The molecule has 0 spiro atoms. The number of hydrogen-bond acceptors (Lipinski definition) is 2. The Labute approximate surface area is 163 Å². The molecule has 0 bridgehead atoms. The third kappa shape index (κ3) is 5.43. The summed E-state index contributed by atoms with van der Waals surface area (Å²) >= 11 is 3.42. The molecule has 0 aliphatic rings. The third-order valence-electron chi connectivity index (χ3n) is 4.39. The van der Waals surface area contributed by atoms with Crippen LogP contribution in [0.4, 0.5) is 0 Å². The summed E-state index contributed by atoms with van der Waals surface area (Å²) in [5, 5.41) is 2.81. The zero-order valence-electron chi connectivity index (χ0n) is 15.5. The first-order chi connectivity index (χ1) is 12.4. The van der Waals surface area contributed by atoms with Gasteiger partial charge in [0.1, 0.15) is 6.04 Å². The average Bonchev–Trinajstić information content (AvgIpc) is 2.62. The Hall–Kier alpha value is -2.14. The van der Waals surface area contributed by atoms with E-state index in [1.165, 1.54) is 0 Å². The van der Waals surface area contributed by atoms with E-state index >= 15 is 0 Å². The molecule has 5 heteroatoms. The minimum absolute atomic E-state index is 0.0547. The van der Waals surface area contributed by atoms with Crippen LogP contribution in [-0.4, -0.2) is 29.3 Å². The van der Waals surface area contributed by atoms with Crippen LogP contribution in [0.1, 0.15) is 30.5 Å². The van der Waals surface area contributed by atoms with Gasteiger partial charge in [0.15, 0.2) is 0 Å². The van der Waals surface area contributed by atoms with Gasteiger partial charge in [0.2, 0.25) is 11.8 Å². The molecule has 0 saturated carbocycles. The van der Waals surface area contributed by atoms with E-state index < -0.39 is 6.04 Å². The molecule has 1 N–H and O–H groups in total. The lowest BCUT2D eigenvalue weighted by Crippen LogP contribution is -2.48. The molecule has 4 nitrogen and oxygen atoms in total. The number of aryl methyl sites for hydroxylation is 1. The summed E-state index contributed by atoms with van der Waals surface area (Å²) in [5.41, 5.74) is 3.05. The molecule has 2 amide bonds. The van der Waals surface area contributed by atoms with Crippen molar-refractivity contribution in [3.8, 4) is 0 Å². The fourth-order valence-electron chi connectivity index (χ4n) is 2.76. The molecule has 0 radical (unpaired) electrons. The number of benzene rings is 2. The van der Waals surface area contributed by atoms with Gasteiger partial charge in [-0.2, -0.15) is 0 Å². The van der Waals surface area contributed by atoms with Crippen molar-refractivity contribution in [2.24, 2.45) is 0 Å². The van der Waals surface area contributed by atoms with Crippen LogP contribution >= 0.6 is 15.9 Å². The zero-order valence-corrected chi connectivity index (χ0v) is 17.0. The number of nitrogens with zero attached hydrogens (tertiary/aromatic N) is 1. The highest BCUT2D eigenvalue weighted by Crippen LogP contribution is 2.16. The highest BCUT2D eigenvalue weighted by atomic mass is 79.9. The van der Waals surface area contributed by atoms with Crippen molar-refractivity contribution in [3.63, 3.8) is 0 Å². The van der Waals surface area contributed by atoms with Gasteiger partial charge in [-0.3, -0.25) is 9.59 Å². The lowest BCUT2D eigenvalue weighted by Gasteiger charge is -2.29. The van der Waals surface area contributed by atoms with Crippen molar-refractivity contribution in [3.05, 3.63) is 69.7 Å². The summed E-state index contributed by atoms with van der Waals surface area (Å²) in [7, 11) is 0. The predicted molar refractivity (Wildman–Crippen MR) is 108 cm³/mol. The van der Waals surface area contributed by atoms with E-state index in [4.69, 9.17) is 0 Å². The van der Waals surface area contributed by atoms with E-state index in [9.17, 15) is 9.59 Å². The van der Waals surface area contributed by atoms with Gasteiger partial charge in [0, 0.05) is 17.6 Å². The van der Waals surface area contributed by atoms with Gasteiger partial charge in [-0.25, -0.2) is 0 Å². The number of carbonyl (C=O) groups is 2. The van der Waals surface area contributed by atoms with Gasteiger partial charge in [-0.15, -0.1) is 0 Å². The van der Waals surface area contributed by atoms with Crippen LogP contribution in [-0.2, 0) is 22.6 Å². The molecular weight excluding hydrogens is 392 g/mol. The smallest absolute Gasteiger partial charge is 0.242 e. The van der Waals surface area contributed by atoms with Crippen LogP contribution in [0.2, 0.25) is 0 Å². The maximum atomic E-state index is 13.0. The number of rotatable bonds is 7. The third-order valence-corrected chi connectivity index (χ3v) is 4.92. The van der Waals surface area contributed by atoms with Gasteiger partial charge >= 0.3 is 0 Å². The van der Waals surface area contributed by atoms with Gasteiger partial charge in [-0.05, 0) is 49.6 Å². The monoisotopic (exact) mass is 416 g/mol. The summed E-state index contributed by atoms with van der Waals surface area (Å²) in [5.74, 6) is -0.191. The fourth-order valence-corrected chi connectivity index (χ4v) is 3.03. The van der Waals surface area contributed by atoms with Crippen molar-refractivity contribution in [2.45, 2.75) is 39.8 Å². The Balaban J connectivity index is 2.23. The Morgan fingerprint density at radius 2 is 1.77 bits per heavy atom. The summed E-state index contributed by atoms with van der Waals surface area (Å²) in [6.45, 7) is 6.59. The lowest BCUT2D eigenvalue weighted by atomic mass is 10.0. The van der Waals surface area contributed by atoms with Crippen molar-refractivity contribution >= 4 is 27.7 Å². The molecule has 0 saturated heterocycles. The maximum Gasteiger partial charge on any atom is 0.242 e. The maximum absolute atomic E-state index is 13.0. The highest BCUT2D eigenvalue weighted by molar-refractivity contribution is 9.10. The van der Waals surface area contributed by atoms with Crippen molar-refractivity contribution in [1.29, 1.82) is 0 Å². The van der Waals surface area contributed by atoms with Crippen LogP contribution in [0, 0.1) is 6.92 Å². The second-order valence-electron chi connectivity index (χ2n) is 6.32. The number of likely N-dealkylation sites (N-methyl/N-ethyl adjacent to an activating group) is 1. The topological polar surface area (TPSA) is 49.4 Å². The summed E-state index contributed by atoms with van der Waals surface area (Å²) in [4.78, 5) is 27.0. The minimum atomic E-state index is -0.532. The molecule has 26 heavy (non-hydrogen) atoms. The molecular formula is C21H25BrN2O2. The normalized spacial score (nSPS) is 11.7. The van der Waals surface area contributed by atoms with Crippen LogP contribution < -0.4 is 5.32 Å². The quantitative estimate of drug-likeness (QED) is 0.744. The molecule has 0 aromatic heterocycles.